The topological polar surface area (TPSA) is 30.0 Å². The van der Waals surface area contributed by atoms with Crippen LogP contribution in [-0.4, -0.2) is 10.8 Å². The van der Waals surface area contributed by atoms with E-state index >= 15 is 0 Å². The summed E-state index contributed by atoms with van der Waals surface area (Å²) in [6.45, 7) is 1.91. The van der Waals surface area contributed by atoms with Crippen molar-refractivity contribution in [3.8, 4) is 0 Å². The molecule has 0 radical (unpaired) electrons. The number of halogens is 2. The van der Waals surface area contributed by atoms with E-state index in [9.17, 15) is 4.79 Å². The van der Waals surface area contributed by atoms with Crippen LogP contribution in [-0.2, 0) is 0 Å². The summed E-state index contributed by atoms with van der Waals surface area (Å²) in [5, 5.41) is 0. The zero-order valence-electron chi connectivity index (χ0n) is 9.73. The third-order valence-electron chi connectivity index (χ3n) is 2.79. The van der Waals surface area contributed by atoms with Gasteiger partial charge in [0, 0.05) is 32.8 Å². The maximum atomic E-state index is 12.4. The van der Waals surface area contributed by atoms with Crippen LogP contribution in [0.2, 0.25) is 0 Å². The molecular weight excluding hydrogens is 358 g/mol. The fourth-order valence-electron chi connectivity index (χ4n) is 1.72. The third-order valence-corrected chi connectivity index (χ3v) is 3.98. The Bertz CT molecular complexity index is 569. The van der Waals surface area contributed by atoms with Crippen molar-refractivity contribution in [2.45, 2.75) is 12.8 Å². The lowest BCUT2D eigenvalue weighted by atomic mass is 9.93. The first-order valence-corrected chi connectivity index (χ1v) is 7.07. The quantitative estimate of drug-likeness (QED) is 0.741. The molecule has 18 heavy (non-hydrogen) atoms. The van der Waals surface area contributed by atoms with Gasteiger partial charge >= 0.3 is 0 Å². The van der Waals surface area contributed by atoms with E-state index in [-0.39, 0.29) is 11.7 Å². The predicted octanol–water partition coefficient (Wildman–Crippen LogP) is 4.59. The Hall–Kier alpha value is -1.00. The summed E-state index contributed by atoms with van der Waals surface area (Å²) in [6, 6.07) is 9.35. The van der Waals surface area contributed by atoms with Crippen LogP contribution in [0.15, 0.2) is 51.7 Å². The minimum Gasteiger partial charge on any atom is -0.293 e. The molecule has 1 atom stereocenters. The Balaban J connectivity index is 2.34. The summed E-state index contributed by atoms with van der Waals surface area (Å²) in [7, 11) is 0. The van der Waals surface area contributed by atoms with Crippen LogP contribution in [0.3, 0.4) is 0 Å². The SMILES string of the molecule is CC(C(=O)c1cc(Br)ccc1Br)c1ccncc1. The summed E-state index contributed by atoms with van der Waals surface area (Å²) in [4.78, 5) is 16.4. The average Bonchev–Trinajstić information content (AvgIpc) is 2.41. The van der Waals surface area contributed by atoms with Gasteiger partial charge in [-0.25, -0.2) is 0 Å². The van der Waals surface area contributed by atoms with E-state index in [0.29, 0.717) is 5.56 Å². The van der Waals surface area contributed by atoms with Gasteiger partial charge in [-0.1, -0.05) is 38.8 Å². The Morgan fingerprint density at radius 2 is 1.83 bits per heavy atom. The highest BCUT2D eigenvalue weighted by Crippen LogP contribution is 2.27. The molecule has 2 aromatic rings. The lowest BCUT2D eigenvalue weighted by Gasteiger charge is -2.12. The van der Waals surface area contributed by atoms with Crippen molar-refractivity contribution in [1.82, 2.24) is 4.98 Å². The Labute approximate surface area is 123 Å². The molecule has 0 saturated carbocycles. The van der Waals surface area contributed by atoms with Crippen LogP contribution in [0, 0.1) is 0 Å². The molecule has 0 saturated heterocycles. The molecule has 2 rings (SSSR count). The normalized spacial score (nSPS) is 12.2. The number of carbonyl (C=O) groups excluding carboxylic acids is 1. The smallest absolute Gasteiger partial charge is 0.171 e. The summed E-state index contributed by atoms with van der Waals surface area (Å²) in [5.41, 5.74) is 1.66. The largest absolute Gasteiger partial charge is 0.293 e. The molecule has 0 aliphatic heterocycles. The second-order valence-corrected chi connectivity index (χ2v) is 5.76. The summed E-state index contributed by atoms with van der Waals surface area (Å²) >= 11 is 6.80. The van der Waals surface area contributed by atoms with Crippen molar-refractivity contribution in [1.29, 1.82) is 0 Å². The molecular formula is C14H11Br2NO. The van der Waals surface area contributed by atoms with Gasteiger partial charge in [-0.3, -0.25) is 9.78 Å². The maximum absolute atomic E-state index is 12.4. The molecule has 0 spiro atoms. The number of benzene rings is 1. The minimum absolute atomic E-state index is 0.0920. The molecule has 1 aromatic carbocycles. The number of hydrogen-bond donors (Lipinski definition) is 0. The Morgan fingerprint density at radius 3 is 2.50 bits per heavy atom. The van der Waals surface area contributed by atoms with Crippen molar-refractivity contribution >= 4 is 37.6 Å². The van der Waals surface area contributed by atoms with Crippen molar-refractivity contribution in [3.63, 3.8) is 0 Å². The van der Waals surface area contributed by atoms with Crippen LogP contribution < -0.4 is 0 Å². The second-order valence-electron chi connectivity index (χ2n) is 3.99. The summed E-state index contributed by atoms with van der Waals surface area (Å²) in [6.07, 6.45) is 3.41. The van der Waals surface area contributed by atoms with E-state index in [1.165, 1.54) is 0 Å². The first-order chi connectivity index (χ1) is 8.59. The number of pyridine rings is 1. The molecule has 1 heterocycles. The van der Waals surface area contributed by atoms with E-state index < -0.39 is 0 Å². The van der Waals surface area contributed by atoms with Gasteiger partial charge in [-0.15, -0.1) is 0 Å². The number of hydrogen-bond acceptors (Lipinski definition) is 2. The van der Waals surface area contributed by atoms with E-state index in [4.69, 9.17) is 0 Å². The molecule has 0 bridgehead atoms. The fraction of sp³-hybridized carbons (Fsp3) is 0.143. The molecule has 2 nitrogen and oxygen atoms in total. The second kappa shape index (κ2) is 5.76. The Morgan fingerprint density at radius 1 is 1.17 bits per heavy atom. The molecule has 92 valence electrons. The van der Waals surface area contributed by atoms with Gasteiger partial charge < -0.3 is 0 Å². The van der Waals surface area contributed by atoms with Crippen molar-refractivity contribution in [2.24, 2.45) is 0 Å². The number of rotatable bonds is 3. The summed E-state index contributed by atoms with van der Waals surface area (Å²) in [5.74, 6) is -0.0898. The molecule has 4 heteroatoms. The van der Waals surface area contributed by atoms with Crippen LogP contribution in [0.5, 0.6) is 0 Å². The highest BCUT2D eigenvalue weighted by Gasteiger charge is 2.19. The standard InChI is InChI=1S/C14H11Br2NO/c1-9(10-4-6-17-7-5-10)14(18)12-8-11(15)2-3-13(12)16/h2-9H,1H3. The molecule has 0 aliphatic rings. The zero-order valence-corrected chi connectivity index (χ0v) is 12.9. The van der Waals surface area contributed by atoms with Gasteiger partial charge in [0.25, 0.3) is 0 Å². The molecule has 0 fully saturated rings. The predicted molar refractivity (Wildman–Crippen MR) is 78.8 cm³/mol. The number of Topliss-reactive ketones (excluding diaryl/α,β-unsaturated/α-hetero) is 1. The van der Waals surface area contributed by atoms with Crippen LogP contribution in [0.25, 0.3) is 0 Å². The van der Waals surface area contributed by atoms with Gasteiger partial charge in [0.15, 0.2) is 5.78 Å². The van der Waals surface area contributed by atoms with Crippen LogP contribution in [0.1, 0.15) is 28.8 Å². The number of carbonyl (C=O) groups is 1. The van der Waals surface area contributed by atoms with Crippen molar-refractivity contribution in [3.05, 3.63) is 62.8 Å². The van der Waals surface area contributed by atoms with Gasteiger partial charge in [-0.2, -0.15) is 0 Å². The van der Waals surface area contributed by atoms with Gasteiger partial charge in [0.2, 0.25) is 0 Å². The Kier molecular flexibility index (Phi) is 4.30. The van der Waals surface area contributed by atoms with Crippen molar-refractivity contribution in [2.75, 3.05) is 0 Å². The third kappa shape index (κ3) is 2.87. The monoisotopic (exact) mass is 367 g/mol. The van der Waals surface area contributed by atoms with Crippen molar-refractivity contribution < 1.29 is 4.79 Å². The maximum Gasteiger partial charge on any atom is 0.171 e. The molecule has 0 aliphatic carbocycles. The molecule has 0 amide bonds. The van der Waals surface area contributed by atoms with E-state index in [1.807, 2.05) is 37.3 Å². The van der Waals surface area contributed by atoms with Gasteiger partial charge in [0.05, 0.1) is 0 Å². The molecule has 1 unspecified atom stereocenters. The van der Waals surface area contributed by atoms with E-state index in [1.54, 1.807) is 12.4 Å². The number of ketones is 1. The fourth-order valence-corrected chi connectivity index (χ4v) is 2.53. The lowest BCUT2D eigenvalue weighted by Crippen LogP contribution is -2.10. The highest BCUT2D eigenvalue weighted by atomic mass is 79.9. The number of nitrogens with zero attached hydrogens (tertiary/aromatic N) is 1. The van der Waals surface area contributed by atoms with E-state index in [0.717, 1.165) is 14.5 Å². The molecule has 1 aromatic heterocycles. The lowest BCUT2D eigenvalue weighted by molar-refractivity contribution is 0.0965. The first-order valence-electron chi connectivity index (χ1n) is 5.49. The minimum atomic E-state index is -0.182. The molecule has 0 N–H and O–H groups in total. The van der Waals surface area contributed by atoms with Gasteiger partial charge in [0.1, 0.15) is 0 Å². The first kappa shape index (κ1) is 13.4. The summed E-state index contributed by atoms with van der Waals surface area (Å²) < 4.78 is 1.72. The zero-order chi connectivity index (χ0) is 13.1. The van der Waals surface area contributed by atoms with E-state index in [2.05, 4.69) is 36.8 Å². The number of aromatic nitrogens is 1. The average molecular weight is 369 g/mol. The highest BCUT2D eigenvalue weighted by molar-refractivity contribution is 9.11. The van der Waals surface area contributed by atoms with Crippen LogP contribution in [0.4, 0.5) is 0 Å². The van der Waals surface area contributed by atoms with Gasteiger partial charge in [-0.05, 0) is 35.9 Å². The van der Waals surface area contributed by atoms with Crippen LogP contribution >= 0.6 is 31.9 Å².